The monoisotopic (exact) mass is 382 g/mol. The molecule has 1 aromatic rings. The normalized spacial score (nSPS) is 13.6. The predicted octanol–water partition coefficient (Wildman–Crippen LogP) is 4.43. The second-order valence-corrected chi connectivity index (χ2v) is 5.04. The molecule has 0 radical (unpaired) electrons. The molecule has 0 bridgehead atoms. The number of alkyl halides is 4. The smallest absolute Gasteiger partial charge is 0.404 e. The van der Waals surface area contributed by atoms with Crippen molar-refractivity contribution in [1.82, 2.24) is 0 Å². The zero-order valence-corrected chi connectivity index (χ0v) is 11.2. The molecule has 17 heavy (non-hydrogen) atoms. The first-order chi connectivity index (χ1) is 7.71. The Kier molecular flexibility index (Phi) is 4.77. The van der Waals surface area contributed by atoms with Gasteiger partial charge in [-0.05, 0) is 12.1 Å². The molecule has 0 N–H and O–H groups in total. The summed E-state index contributed by atoms with van der Waals surface area (Å²) in [5.74, 6) is -3.10. The lowest BCUT2D eigenvalue weighted by molar-refractivity contribution is -0.132. The molecule has 1 rings (SSSR count). The minimum absolute atomic E-state index is 0.171. The van der Waals surface area contributed by atoms with Gasteiger partial charge in [-0.2, -0.15) is 17.6 Å². The van der Waals surface area contributed by atoms with E-state index < -0.39 is 35.0 Å². The molecule has 0 saturated heterocycles. The van der Waals surface area contributed by atoms with Crippen molar-refractivity contribution in [3.63, 3.8) is 0 Å². The number of ether oxygens (including phenoxy) is 1. The SMILES string of the molecule is Fc1cc(Br)cc(OCC(Br)C(F)(F)F)c1F. The Labute approximate surface area is 110 Å². The fraction of sp³-hybridized carbons (Fsp3) is 0.333. The average Bonchev–Trinajstić information content (AvgIpc) is 2.19. The van der Waals surface area contributed by atoms with Gasteiger partial charge >= 0.3 is 6.18 Å². The van der Waals surface area contributed by atoms with Gasteiger partial charge in [-0.25, -0.2) is 4.39 Å². The van der Waals surface area contributed by atoms with Crippen LogP contribution in [0.4, 0.5) is 22.0 Å². The molecule has 0 aromatic heterocycles. The zero-order valence-electron chi connectivity index (χ0n) is 7.99. The first-order valence-corrected chi connectivity index (χ1v) is 5.91. The summed E-state index contributed by atoms with van der Waals surface area (Å²) < 4.78 is 67.1. The molecular weight excluding hydrogens is 379 g/mol. The maximum Gasteiger partial charge on any atom is 0.404 e. The van der Waals surface area contributed by atoms with Gasteiger partial charge < -0.3 is 4.74 Å². The minimum atomic E-state index is -4.51. The maximum atomic E-state index is 13.1. The molecule has 0 fully saturated rings. The van der Waals surface area contributed by atoms with Gasteiger partial charge in [0.05, 0.1) is 0 Å². The second-order valence-electron chi connectivity index (χ2n) is 3.02. The molecule has 0 heterocycles. The molecule has 1 aromatic carbocycles. The van der Waals surface area contributed by atoms with Crippen molar-refractivity contribution in [3.05, 3.63) is 28.2 Å². The summed E-state index contributed by atoms with van der Waals surface area (Å²) in [4.78, 5) is -1.95. The molecule has 0 spiro atoms. The summed E-state index contributed by atoms with van der Waals surface area (Å²) in [5, 5.41) is 0. The Morgan fingerprint density at radius 1 is 1.24 bits per heavy atom. The predicted molar refractivity (Wildman–Crippen MR) is 58.3 cm³/mol. The van der Waals surface area contributed by atoms with Gasteiger partial charge in [0.25, 0.3) is 0 Å². The molecule has 1 atom stereocenters. The first-order valence-electron chi connectivity index (χ1n) is 4.20. The van der Waals surface area contributed by atoms with Crippen LogP contribution in [0, 0.1) is 11.6 Å². The van der Waals surface area contributed by atoms with Crippen molar-refractivity contribution < 1.29 is 26.7 Å². The van der Waals surface area contributed by atoms with Crippen LogP contribution in [-0.4, -0.2) is 17.6 Å². The Balaban J connectivity index is 2.76. The Morgan fingerprint density at radius 2 is 1.82 bits per heavy atom. The number of hydrogen-bond donors (Lipinski definition) is 0. The summed E-state index contributed by atoms with van der Waals surface area (Å²) in [7, 11) is 0. The van der Waals surface area contributed by atoms with E-state index in [4.69, 9.17) is 0 Å². The lowest BCUT2D eigenvalue weighted by atomic mass is 10.3. The molecule has 96 valence electrons. The number of hydrogen-bond acceptors (Lipinski definition) is 1. The van der Waals surface area contributed by atoms with Gasteiger partial charge in [0.2, 0.25) is 5.82 Å². The van der Waals surface area contributed by atoms with Crippen LogP contribution in [0.2, 0.25) is 0 Å². The third-order valence-corrected chi connectivity index (χ3v) is 2.94. The summed E-state index contributed by atoms with van der Waals surface area (Å²) >= 11 is 5.21. The van der Waals surface area contributed by atoms with E-state index in [-0.39, 0.29) is 4.47 Å². The van der Waals surface area contributed by atoms with Crippen LogP contribution >= 0.6 is 31.9 Å². The summed E-state index contributed by atoms with van der Waals surface area (Å²) in [6.45, 7) is -0.851. The third-order valence-electron chi connectivity index (χ3n) is 1.70. The molecule has 0 aliphatic carbocycles. The lowest BCUT2D eigenvalue weighted by Crippen LogP contribution is -2.29. The van der Waals surface area contributed by atoms with Crippen LogP contribution in [0.15, 0.2) is 16.6 Å². The van der Waals surface area contributed by atoms with Crippen molar-refractivity contribution in [1.29, 1.82) is 0 Å². The Bertz CT molecular complexity index is 407. The van der Waals surface area contributed by atoms with Crippen LogP contribution in [0.25, 0.3) is 0 Å². The van der Waals surface area contributed by atoms with Crippen LogP contribution in [0.1, 0.15) is 0 Å². The Morgan fingerprint density at radius 3 is 2.35 bits per heavy atom. The van der Waals surface area contributed by atoms with Gasteiger partial charge in [-0.15, -0.1) is 0 Å². The first kappa shape index (κ1) is 14.7. The van der Waals surface area contributed by atoms with Gasteiger partial charge in [0.1, 0.15) is 11.4 Å². The van der Waals surface area contributed by atoms with Crippen molar-refractivity contribution in [2.45, 2.75) is 11.0 Å². The van der Waals surface area contributed by atoms with E-state index in [0.29, 0.717) is 0 Å². The fourth-order valence-electron chi connectivity index (χ4n) is 0.895. The third kappa shape index (κ3) is 4.09. The van der Waals surface area contributed by atoms with E-state index in [1.54, 1.807) is 0 Å². The number of benzene rings is 1. The van der Waals surface area contributed by atoms with E-state index >= 15 is 0 Å². The molecular formula is C9H5Br2F5O. The summed E-state index contributed by atoms with van der Waals surface area (Å²) in [6.07, 6.45) is -4.51. The maximum absolute atomic E-state index is 13.1. The molecule has 1 nitrogen and oxygen atoms in total. The Hall–Kier alpha value is -0.370. The second kappa shape index (κ2) is 5.51. The van der Waals surface area contributed by atoms with E-state index in [9.17, 15) is 22.0 Å². The van der Waals surface area contributed by atoms with E-state index in [1.165, 1.54) is 0 Å². The molecule has 1 unspecified atom stereocenters. The highest BCUT2D eigenvalue weighted by Crippen LogP contribution is 2.29. The summed E-state index contributed by atoms with van der Waals surface area (Å²) in [5.41, 5.74) is 0. The fourth-order valence-corrected chi connectivity index (χ4v) is 1.44. The van der Waals surface area contributed by atoms with Crippen LogP contribution in [0.3, 0.4) is 0 Å². The van der Waals surface area contributed by atoms with Crippen molar-refractivity contribution in [2.75, 3.05) is 6.61 Å². The zero-order chi connectivity index (χ0) is 13.2. The quantitative estimate of drug-likeness (QED) is 0.426. The van der Waals surface area contributed by atoms with Gasteiger partial charge in [0.15, 0.2) is 11.6 Å². The van der Waals surface area contributed by atoms with E-state index in [0.717, 1.165) is 12.1 Å². The van der Waals surface area contributed by atoms with E-state index in [2.05, 4.69) is 36.6 Å². The van der Waals surface area contributed by atoms with E-state index in [1.807, 2.05) is 0 Å². The largest absolute Gasteiger partial charge is 0.489 e. The summed E-state index contributed by atoms with van der Waals surface area (Å²) in [6, 6.07) is 1.89. The van der Waals surface area contributed by atoms with Gasteiger partial charge in [0, 0.05) is 4.47 Å². The highest BCUT2D eigenvalue weighted by Gasteiger charge is 2.38. The average molecular weight is 384 g/mol. The van der Waals surface area contributed by atoms with Crippen molar-refractivity contribution in [2.24, 2.45) is 0 Å². The molecule has 8 heteroatoms. The molecule has 0 amide bonds. The topological polar surface area (TPSA) is 9.23 Å². The van der Waals surface area contributed by atoms with Crippen LogP contribution in [0.5, 0.6) is 5.75 Å². The highest BCUT2D eigenvalue weighted by atomic mass is 79.9. The number of halogens is 7. The molecule has 0 aliphatic heterocycles. The highest BCUT2D eigenvalue weighted by molar-refractivity contribution is 9.10. The number of rotatable bonds is 3. The van der Waals surface area contributed by atoms with Gasteiger partial charge in [-0.1, -0.05) is 31.9 Å². The van der Waals surface area contributed by atoms with Crippen LogP contribution < -0.4 is 4.74 Å². The van der Waals surface area contributed by atoms with Crippen molar-refractivity contribution in [3.8, 4) is 5.75 Å². The lowest BCUT2D eigenvalue weighted by Gasteiger charge is -2.15. The molecule has 0 aliphatic rings. The van der Waals surface area contributed by atoms with Crippen LogP contribution in [-0.2, 0) is 0 Å². The minimum Gasteiger partial charge on any atom is -0.489 e. The van der Waals surface area contributed by atoms with Crippen molar-refractivity contribution >= 4 is 31.9 Å². The molecule has 0 saturated carbocycles. The van der Waals surface area contributed by atoms with Gasteiger partial charge in [-0.3, -0.25) is 0 Å². The standard InChI is InChI=1S/C9H5Br2F5O/c10-4-1-5(12)8(13)6(2-4)17-3-7(11)9(14,15)16/h1-2,7H,3H2.